The molecule has 4 aromatic rings. The van der Waals surface area contributed by atoms with Gasteiger partial charge in [0.2, 0.25) is 0 Å². The van der Waals surface area contributed by atoms with Gasteiger partial charge in [0.25, 0.3) is 0 Å². The van der Waals surface area contributed by atoms with Gasteiger partial charge >= 0.3 is 0 Å². The normalized spacial score (nSPS) is 10.7. The van der Waals surface area contributed by atoms with Crippen LogP contribution in [0.3, 0.4) is 0 Å². The molecule has 0 bridgehead atoms. The van der Waals surface area contributed by atoms with Crippen LogP contribution in [0.1, 0.15) is 19.4 Å². The van der Waals surface area contributed by atoms with Gasteiger partial charge in [-0.15, -0.1) is 17.7 Å². The van der Waals surface area contributed by atoms with E-state index in [-0.39, 0.29) is 31.6 Å². The van der Waals surface area contributed by atoms with Gasteiger partial charge in [-0.2, -0.15) is 18.6 Å². The van der Waals surface area contributed by atoms with Gasteiger partial charge in [0.1, 0.15) is 5.58 Å². The van der Waals surface area contributed by atoms with Crippen molar-refractivity contribution in [1.29, 1.82) is 0 Å². The molecule has 0 aliphatic carbocycles. The van der Waals surface area contributed by atoms with Crippen molar-refractivity contribution in [2.24, 2.45) is 0 Å². The molecule has 4 rings (SSSR count). The monoisotopic (exact) mass is 591 g/mol. The Morgan fingerprint density at radius 2 is 1.74 bits per heavy atom. The Bertz CT molecular complexity index is 1210. The molecular weight excluding hydrogens is 567 g/mol. The summed E-state index contributed by atoms with van der Waals surface area (Å²) in [5, 5.41) is 9.40. The number of furan rings is 1. The summed E-state index contributed by atoms with van der Waals surface area (Å²) in [6.45, 7) is 7.04. The number of pyridine rings is 1. The Morgan fingerprint density at radius 3 is 2.35 bits per heavy atom. The van der Waals surface area contributed by atoms with Crippen LogP contribution in [-0.4, -0.2) is 10.9 Å². The Kier molecular flexibility index (Phi) is 8.26. The number of hydrogen-bond donors (Lipinski definition) is 1. The summed E-state index contributed by atoms with van der Waals surface area (Å²) in [6, 6.07) is 20.6. The summed E-state index contributed by atoms with van der Waals surface area (Å²) in [5.74, 6) is -0.0625. The van der Waals surface area contributed by atoms with Crippen LogP contribution in [0, 0.1) is 14.0 Å². The molecule has 0 aliphatic rings. The molecule has 0 unspecified atom stereocenters. The van der Waals surface area contributed by atoms with Crippen LogP contribution in [0.2, 0.25) is 0 Å². The predicted octanol–water partition coefficient (Wildman–Crippen LogP) is 5.91. The first-order valence-corrected chi connectivity index (χ1v) is 9.49. The van der Waals surface area contributed by atoms with E-state index in [0.29, 0.717) is 0 Å². The Hall–Kier alpha value is -3.27. The average molecular weight is 591 g/mol. The zero-order valence-electron chi connectivity index (χ0n) is 17.5. The van der Waals surface area contributed by atoms with Crippen molar-refractivity contribution in [2.75, 3.05) is 0 Å². The molecule has 161 valence electrons. The third-order valence-corrected chi connectivity index (χ3v) is 4.53. The van der Waals surface area contributed by atoms with Crippen LogP contribution in [0.25, 0.3) is 33.4 Å². The van der Waals surface area contributed by atoms with Gasteiger partial charge in [-0.1, -0.05) is 30.3 Å². The molecule has 1 N–H and O–H groups in total. The molecule has 5 heteroatoms. The van der Waals surface area contributed by atoms with Gasteiger partial charge in [0.05, 0.1) is 23.9 Å². The van der Waals surface area contributed by atoms with E-state index in [1.165, 1.54) is 25.5 Å². The molecule has 0 atom stereocenters. The Morgan fingerprint density at radius 1 is 1.03 bits per heavy atom. The van der Waals surface area contributed by atoms with E-state index < -0.39 is 0 Å². The molecule has 0 saturated carbocycles. The topological polar surface area (TPSA) is 54.3 Å². The molecule has 31 heavy (non-hydrogen) atoms. The second-order valence-corrected chi connectivity index (χ2v) is 6.97. The quantitative estimate of drug-likeness (QED) is 0.140. The maximum Gasteiger partial charge on any atom is 0.155 e. The third kappa shape index (κ3) is 5.88. The van der Waals surface area contributed by atoms with Gasteiger partial charge in [0, 0.05) is 38.6 Å². The predicted molar refractivity (Wildman–Crippen MR) is 120 cm³/mol. The number of fused-ring (bicyclic) bond motifs is 1. The summed E-state index contributed by atoms with van der Waals surface area (Å²) < 4.78 is 7.40. The minimum atomic E-state index is -0.125. The number of benzene rings is 2. The number of aromatic nitrogens is 1. The van der Waals surface area contributed by atoms with Crippen molar-refractivity contribution in [3.63, 3.8) is 0 Å². The van der Waals surface area contributed by atoms with Crippen molar-refractivity contribution < 1.29 is 39.0 Å². The number of aliphatic hydroxyl groups excluding tert-OH is 1. The average Bonchev–Trinajstić information content (AvgIpc) is 3.17. The van der Waals surface area contributed by atoms with Crippen molar-refractivity contribution in [2.45, 2.75) is 13.8 Å². The van der Waals surface area contributed by atoms with Crippen molar-refractivity contribution >= 4 is 16.8 Å². The first kappa shape index (κ1) is 24.0. The largest absolute Gasteiger partial charge is 0.512 e. The summed E-state index contributed by atoms with van der Waals surface area (Å²) in [4.78, 5) is 10.0. The summed E-state index contributed by atoms with van der Waals surface area (Å²) in [5.41, 5.74) is 6.24. The second-order valence-electron chi connectivity index (χ2n) is 6.97. The summed E-state index contributed by atoms with van der Waals surface area (Å²) in [7, 11) is 4.12. The molecule has 0 spiro atoms. The number of allylic oxidation sites excluding steroid dienone is 2. The summed E-state index contributed by atoms with van der Waals surface area (Å²) >= 11 is 0. The number of carbonyl (C=O) groups excluding carboxylic acids is 1. The van der Waals surface area contributed by atoms with E-state index in [4.69, 9.17) is 9.52 Å². The zero-order chi connectivity index (χ0) is 21.7. The Labute approximate surface area is 196 Å². The second kappa shape index (κ2) is 10.7. The van der Waals surface area contributed by atoms with Gasteiger partial charge in [-0.3, -0.25) is 4.79 Å². The number of rotatable bonds is 3. The smallest absolute Gasteiger partial charge is 0.155 e. The third-order valence-electron chi connectivity index (χ3n) is 4.53. The molecule has 1 radical (unpaired) electrons. The number of hydrogen-bond acceptors (Lipinski definition) is 3. The number of ketones is 1. The van der Waals surface area contributed by atoms with Crippen LogP contribution in [-0.2, 0) is 24.9 Å². The van der Waals surface area contributed by atoms with Crippen molar-refractivity contribution in [3.8, 4) is 22.4 Å². The molecule has 4 nitrogen and oxygen atoms in total. The van der Waals surface area contributed by atoms with Crippen LogP contribution in [0.4, 0.5) is 0 Å². The van der Waals surface area contributed by atoms with E-state index in [1.807, 2.05) is 41.1 Å². The SMILES string of the molecule is CC(=O)/C=C(/C)O.[CH2-]c1ccc(-c2ccccc2)cc1-c1c2ccoc2cc[n+]1[CH2-].[Ir]. The van der Waals surface area contributed by atoms with E-state index in [1.54, 1.807) is 6.26 Å². The maximum atomic E-state index is 10.0. The summed E-state index contributed by atoms with van der Waals surface area (Å²) in [6.07, 6.45) is 4.79. The van der Waals surface area contributed by atoms with E-state index >= 15 is 0 Å². The van der Waals surface area contributed by atoms with E-state index in [2.05, 4.69) is 44.3 Å². The maximum absolute atomic E-state index is 10.0. The fourth-order valence-corrected chi connectivity index (χ4v) is 3.23. The van der Waals surface area contributed by atoms with Crippen LogP contribution < -0.4 is 4.57 Å². The molecule has 0 amide bonds. The number of nitrogens with zero attached hydrogens (tertiary/aromatic N) is 1. The van der Waals surface area contributed by atoms with Gasteiger partial charge < -0.3 is 14.1 Å². The molecule has 0 saturated heterocycles. The van der Waals surface area contributed by atoms with Crippen LogP contribution in [0.5, 0.6) is 0 Å². The first-order valence-electron chi connectivity index (χ1n) is 9.49. The molecule has 2 aromatic heterocycles. The molecule has 2 heterocycles. The van der Waals surface area contributed by atoms with Crippen molar-refractivity contribution in [1.82, 2.24) is 0 Å². The Balaban J connectivity index is 0.000000373. The van der Waals surface area contributed by atoms with Gasteiger partial charge in [-0.05, 0) is 37.1 Å². The molecule has 0 aliphatic heterocycles. The minimum absolute atomic E-state index is 0. The van der Waals surface area contributed by atoms with Crippen LogP contribution >= 0.6 is 0 Å². The number of carbonyl (C=O) groups is 1. The minimum Gasteiger partial charge on any atom is -0.512 e. The van der Waals surface area contributed by atoms with Gasteiger partial charge in [-0.25, -0.2) is 0 Å². The first-order chi connectivity index (χ1) is 14.4. The fraction of sp³-hybridized carbons (Fsp3) is 0.0769. The number of aliphatic hydroxyl groups is 1. The van der Waals surface area contributed by atoms with Crippen molar-refractivity contribution in [3.05, 3.63) is 104 Å². The molecule has 0 fully saturated rings. The fourth-order valence-electron chi connectivity index (χ4n) is 3.23. The van der Waals surface area contributed by atoms with Crippen LogP contribution in [0.15, 0.2) is 89.4 Å². The molecular formula is C26H24IrNO3-. The zero-order valence-corrected chi connectivity index (χ0v) is 19.9. The van der Waals surface area contributed by atoms with E-state index in [9.17, 15) is 4.79 Å². The molecule has 2 aromatic carbocycles. The van der Waals surface area contributed by atoms with Gasteiger partial charge in [0.15, 0.2) is 5.78 Å². The standard InChI is InChI=1S/C21H16NO.C5H8O2.Ir/c1-15-8-9-17(16-6-4-3-5-7-16)14-19(15)21-18-11-13-23-20(18)10-12-22(21)2;1-4(6)3-5(2)7;/h3-14H,1-2H2;3,6H,1-2H3;/q-1;;/b;4-3-;. The van der Waals surface area contributed by atoms with E-state index in [0.717, 1.165) is 33.4 Å².